The molecular weight excluding hydrogens is 194 g/mol. The molecule has 0 fully saturated rings. The van der Waals surface area contributed by atoms with Gasteiger partial charge in [-0.3, -0.25) is 0 Å². The summed E-state index contributed by atoms with van der Waals surface area (Å²) in [5, 5.41) is 0. The molecule has 0 N–H and O–H groups in total. The molecule has 2 rings (SSSR count). The molecular formula is C15H23N. The summed E-state index contributed by atoms with van der Waals surface area (Å²) in [6, 6.07) is 8.84. The lowest BCUT2D eigenvalue weighted by atomic mass is 9.72. The van der Waals surface area contributed by atoms with Crippen LogP contribution in [0, 0.1) is 5.41 Å². The molecule has 1 heteroatoms. The Labute approximate surface area is 99.5 Å². The highest BCUT2D eigenvalue weighted by molar-refractivity contribution is 5.61. The summed E-state index contributed by atoms with van der Waals surface area (Å²) in [5.74, 6) is 0. The zero-order chi connectivity index (χ0) is 12.0. The SMILES string of the molecule is CN1CC(C)(CC(C)(C)C)c2ccccc21. The Morgan fingerprint density at radius 3 is 2.50 bits per heavy atom. The highest BCUT2D eigenvalue weighted by Gasteiger charge is 2.39. The maximum atomic E-state index is 2.40. The first-order chi connectivity index (χ1) is 7.32. The van der Waals surface area contributed by atoms with Gasteiger partial charge >= 0.3 is 0 Å². The van der Waals surface area contributed by atoms with Crippen LogP contribution in [0.4, 0.5) is 5.69 Å². The summed E-state index contributed by atoms with van der Waals surface area (Å²) < 4.78 is 0. The van der Waals surface area contributed by atoms with Crippen LogP contribution in [0.25, 0.3) is 0 Å². The number of rotatable bonds is 1. The third kappa shape index (κ3) is 1.95. The van der Waals surface area contributed by atoms with E-state index in [9.17, 15) is 0 Å². The minimum atomic E-state index is 0.309. The molecule has 1 aromatic rings. The Hall–Kier alpha value is -0.980. The number of hydrogen-bond acceptors (Lipinski definition) is 1. The van der Waals surface area contributed by atoms with E-state index in [1.807, 2.05) is 0 Å². The predicted octanol–water partition coefficient (Wildman–Crippen LogP) is 3.83. The highest BCUT2D eigenvalue weighted by Crippen LogP contribution is 2.45. The summed E-state index contributed by atoms with van der Waals surface area (Å²) in [6.07, 6.45) is 1.24. The molecule has 1 unspecified atom stereocenters. The Kier molecular flexibility index (Phi) is 2.52. The van der Waals surface area contributed by atoms with E-state index in [1.165, 1.54) is 17.7 Å². The normalized spacial score (nSPS) is 24.7. The van der Waals surface area contributed by atoms with Gasteiger partial charge in [0.05, 0.1) is 0 Å². The summed E-state index contributed by atoms with van der Waals surface area (Å²) in [6.45, 7) is 10.5. The molecule has 0 aromatic heterocycles. The van der Waals surface area contributed by atoms with Gasteiger partial charge in [-0.2, -0.15) is 0 Å². The van der Waals surface area contributed by atoms with Crippen LogP contribution in [0.3, 0.4) is 0 Å². The number of benzene rings is 1. The van der Waals surface area contributed by atoms with E-state index in [-0.39, 0.29) is 0 Å². The van der Waals surface area contributed by atoms with Gasteiger partial charge in [-0.1, -0.05) is 45.9 Å². The highest BCUT2D eigenvalue weighted by atomic mass is 15.1. The van der Waals surface area contributed by atoms with Gasteiger partial charge in [-0.15, -0.1) is 0 Å². The Morgan fingerprint density at radius 2 is 1.88 bits per heavy atom. The maximum Gasteiger partial charge on any atom is 0.0402 e. The first-order valence-electron chi connectivity index (χ1n) is 6.13. The molecule has 0 saturated carbocycles. The number of likely N-dealkylation sites (N-methyl/N-ethyl adjacent to an activating group) is 1. The van der Waals surface area contributed by atoms with E-state index in [4.69, 9.17) is 0 Å². The van der Waals surface area contributed by atoms with Crippen molar-refractivity contribution in [3.63, 3.8) is 0 Å². The first-order valence-corrected chi connectivity index (χ1v) is 6.13. The van der Waals surface area contributed by atoms with Crippen LogP contribution in [-0.2, 0) is 5.41 Å². The lowest BCUT2D eigenvalue weighted by Crippen LogP contribution is -2.32. The molecule has 1 aromatic carbocycles. The third-order valence-electron chi connectivity index (χ3n) is 3.47. The van der Waals surface area contributed by atoms with E-state index in [0.29, 0.717) is 10.8 Å². The lowest BCUT2D eigenvalue weighted by molar-refractivity contribution is 0.280. The van der Waals surface area contributed by atoms with Gasteiger partial charge in [-0.25, -0.2) is 0 Å². The molecule has 16 heavy (non-hydrogen) atoms. The van der Waals surface area contributed by atoms with Crippen LogP contribution < -0.4 is 4.90 Å². The summed E-state index contributed by atoms with van der Waals surface area (Å²) in [4.78, 5) is 2.39. The van der Waals surface area contributed by atoms with E-state index in [0.717, 1.165) is 6.54 Å². The number of hydrogen-bond donors (Lipinski definition) is 0. The van der Waals surface area contributed by atoms with Crippen LogP contribution in [0.2, 0.25) is 0 Å². The van der Waals surface area contributed by atoms with Crippen molar-refractivity contribution in [2.24, 2.45) is 5.41 Å². The van der Waals surface area contributed by atoms with E-state index < -0.39 is 0 Å². The van der Waals surface area contributed by atoms with Gasteiger partial charge < -0.3 is 4.90 Å². The second-order valence-corrected chi connectivity index (χ2v) is 6.67. The molecule has 1 heterocycles. The van der Waals surface area contributed by atoms with Crippen molar-refractivity contribution in [3.8, 4) is 0 Å². The predicted molar refractivity (Wildman–Crippen MR) is 71.1 cm³/mol. The summed E-state index contributed by atoms with van der Waals surface area (Å²) in [7, 11) is 2.20. The van der Waals surface area contributed by atoms with Crippen molar-refractivity contribution >= 4 is 5.69 Å². The number of para-hydroxylation sites is 1. The molecule has 1 aliphatic heterocycles. The van der Waals surface area contributed by atoms with Gasteiger partial charge in [0.2, 0.25) is 0 Å². The fraction of sp³-hybridized carbons (Fsp3) is 0.600. The molecule has 1 aliphatic rings. The average molecular weight is 217 g/mol. The van der Waals surface area contributed by atoms with Gasteiger partial charge in [0.1, 0.15) is 0 Å². The third-order valence-corrected chi connectivity index (χ3v) is 3.47. The fourth-order valence-corrected chi connectivity index (χ4v) is 3.33. The zero-order valence-corrected chi connectivity index (χ0v) is 11.2. The van der Waals surface area contributed by atoms with Gasteiger partial charge in [0, 0.05) is 24.7 Å². The van der Waals surface area contributed by atoms with E-state index in [2.05, 4.69) is 63.9 Å². The Balaban J connectivity index is 2.39. The van der Waals surface area contributed by atoms with Crippen molar-refractivity contribution in [1.29, 1.82) is 0 Å². The van der Waals surface area contributed by atoms with Gasteiger partial charge in [0.25, 0.3) is 0 Å². The second kappa shape index (κ2) is 3.51. The number of anilines is 1. The van der Waals surface area contributed by atoms with Crippen molar-refractivity contribution in [3.05, 3.63) is 29.8 Å². The van der Waals surface area contributed by atoms with Gasteiger partial charge in [-0.05, 0) is 23.5 Å². The minimum absolute atomic E-state index is 0.309. The molecule has 1 atom stereocenters. The van der Waals surface area contributed by atoms with E-state index in [1.54, 1.807) is 0 Å². The topological polar surface area (TPSA) is 3.24 Å². The minimum Gasteiger partial charge on any atom is -0.373 e. The quantitative estimate of drug-likeness (QED) is 0.691. The molecule has 0 bridgehead atoms. The van der Waals surface area contributed by atoms with Crippen molar-refractivity contribution in [2.45, 2.75) is 39.5 Å². The average Bonchev–Trinajstić information content (AvgIpc) is 2.37. The molecule has 0 saturated heterocycles. The molecule has 1 nitrogen and oxygen atoms in total. The van der Waals surface area contributed by atoms with Crippen LogP contribution >= 0.6 is 0 Å². The summed E-state index contributed by atoms with van der Waals surface area (Å²) >= 11 is 0. The van der Waals surface area contributed by atoms with Crippen molar-refractivity contribution < 1.29 is 0 Å². The first kappa shape index (κ1) is 11.5. The smallest absolute Gasteiger partial charge is 0.0402 e. The Bertz CT molecular complexity index is 389. The molecule has 0 aliphatic carbocycles. The fourth-order valence-electron chi connectivity index (χ4n) is 3.33. The van der Waals surface area contributed by atoms with E-state index >= 15 is 0 Å². The van der Waals surface area contributed by atoms with Crippen molar-refractivity contribution in [2.75, 3.05) is 18.5 Å². The van der Waals surface area contributed by atoms with Gasteiger partial charge in [0.15, 0.2) is 0 Å². The van der Waals surface area contributed by atoms with Crippen LogP contribution in [0.1, 0.15) is 39.7 Å². The standard InChI is InChI=1S/C15H23N/c1-14(2,3)10-15(4)11-16(5)13-9-7-6-8-12(13)15/h6-9H,10-11H2,1-5H3. The zero-order valence-electron chi connectivity index (χ0n) is 11.2. The van der Waals surface area contributed by atoms with Crippen molar-refractivity contribution in [1.82, 2.24) is 0 Å². The lowest BCUT2D eigenvalue weighted by Gasteiger charge is -2.32. The molecule has 0 spiro atoms. The second-order valence-electron chi connectivity index (χ2n) is 6.67. The monoisotopic (exact) mass is 217 g/mol. The van der Waals surface area contributed by atoms with Crippen LogP contribution in [-0.4, -0.2) is 13.6 Å². The largest absolute Gasteiger partial charge is 0.373 e. The van der Waals surface area contributed by atoms with Crippen LogP contribution in [0.5, 0.6) is 0 Å². The summed E-state index contributed by atoms with van der Waals surface area (Å²) in [5.41, 5.74) is 3.62. The number of nitrogens with zero attached hydrogens (tertiary/aromatic N) is 1. The number of fused-ring (bicyclic) bond motifs is 1. The molecule has 0 radical (unpaired) electrons. The Morgan fingerprint density at radius 1 is 1.25 bits per heavy atom. The maximum absolute atomic E-state index is 2.40. The molecule has 0 amide bonds. The van der Waals surface area contributed by atoms with Crippen LogP contribution in [0.15, 0.2) is 24.3 Å². The molecule has 88 valence electrons.